The van der Waals surface area contributed by atoms with E-state index in [0.29, 0.717) is 18.9 Å². The molecule has 0 bridgehead atoms. The Morgan fingerprint density at radius 2 is 1.67 bits per heavy atom. The van der Waals surface area contributed by atoms with Crippen LogP contribution in [0.2, 0.25) is 0 Å². The molecule has 0 unspecified atom stereocenters. The molecule has 0 aliphatic heterocycles. The molecule has 2 aliphatic rings. The molecule has 0 amide bonds. The van der Waals surface area contributed by atoms with Crippen LogP contribution < -0.4 is 11.1 Å². The highest BCUT2D eigenvalue weighted by Gasteiger charge is 2.33. The molecule has 0 radical (unpaired) electrons. The van der Waals surface area contributed by atoms with E-state index < -0.39 is 0 Å². The molecule has 3 N–H and O–H groups in total. The summed E-state index contributed by atoms with van der Waals surface area (Å²) in [6, 6.07) is 2.37. The topological polar surface area (TPSA) is 131 Å². The number of aromatic nitrogens is 2. The van der Waals surface area contributed by atoms with Crippen molar-refractivity contribution in [3.05, 3.63) is 36.7 Å². The van der Waals surface area contributed by atoms with Gasteiger partial charge >= 0.3 is 0 Å². The Bertz CT molecular complexity index is 678. The summed E-state index contributed by atoms with van der Waals surface area (Å²) in [6.07, 6.45) is 14.2. The molecule has 4 rings (SSSR count). The highest BCUT2D eigenvalue weighted by molar-refractivity contribution is 5.80. The summed E-state index contributed by atoms with van der Waals surface area (Å²) in [6.45, 7) is 1.02. The second-order valence-corrected chi connectivity index (χ2v) is 6.64. The Labute approximate surface area is 159 Å². The number of Topliss-reactive ketones (excluding diaryl/α,β-unsaturated/α-hetero) is 1. The number of hydrogen-bond acceptors (Lipinski definition) is 8. The third-order valence-electron chi connectivity index (χ3n) is 4.60. The molecule has 8 nitrogen and oxygen atoms in total. The number of nitrogens with one attached hydrogen (secondary N) is 1. The Kier molecular flexibility index (Phi) is 8.68. The Morgan fingerprint density at radius 3 is 2.04 bits per heavy atom. The van der Waals surface area contributed by atoms with Gasteiger partial charge in [-0.2, -0.15) is 5.26 Å². The molecule has 2 fully saturated rings. The maximum atomic E-state index is 10.2. The Morgan fingerprint density at radius 1 is 1.07 bits per heavy atom. The van der Waals surface area contributed by atoms with Crippen LogP contribution in [0.25, 0.3) is 0 Å². The molecule has 0 aromatic carbocycles. The number of hydrogen-bond donors (Lipinski definition) is 2. The minimum atomic E-state index is -0.327. The van der Waals surface area contributed by atoms with Crippen molar-refractivity contribution in [1.82, 2.24) is 15.3 Å². The first-order valence-electron chi connectivity index (χ1n) is 9.30. The molecule has 0 spiro atoms. The van der Waals surface area contributed by atoms with Crippen molar-refractivity contribution in [1.29, 1.82) is 5.26 Å². The largest absolute Gasteiger partial charge is 0.447 e. The molecule has 2 saturated carbocycles. The minimum absolute atomic E-state index is 0.327. The standard InChI is InChI=1S/C10H13N3O.C5H8O.C4H6N2O/c11-7-10(3-1-2-4-10)13-6-9-5-12-8-14-9;6-5-3-1-2-4-5;5-1-4-2-6-3-7-4/h5,8,13H,1-4,6H2;1-4H2;2-3H,1,5H2. The van der Waals surface area contributed by atoms with Gasteiger partial charge in [0.25, 0.3) is 0 Å². The maximum absolute atomic E-state index is 10.2. The molecular formula is C19H27N5O3. The lowest BCUT2D eigenvalue weighted by Gasteiger charge is -2.20. The molecule has 2 aromatic heterocycles. The van der Waals surface area contributed by atoms with Crippen LogP contribution in [0, 0.1) is 11.3 Å². The van der Waals surface area contributed by atoms with Crippen molar-refractivity contribution in [2.45, 2.75) is 70.0 Å². The molecule has 146 valence electrons. The number of nitriles is 1. The lowest BCUT2D eigenvalue weighted by molar-refractivity contribution is -0.117. The average molecular weight is 373 g/mol. The average Bonchev–Trinajstić information content (AvgIpc) is 3.50. The second-order valence-electron chi connectivity index (χ2n) is 6.64. The number of carbonyl (C=O) groups is 1. The van der Waals surface area contributed by atoms with Crippen LogP contribution in [0.15, 0.2) is 34.0 Å². The van der Waals surface area contributed by atoms with Gasteiger partial charge < -0.3 is 14.6 Å². The van der Waals surface area contributed by atoms with E-state index >= 15 is 0 Å². The van der Waals surface area contributed by atoms with Crippen molar-refractivity contribution in [2.75, 3.05) is 0 Å². The SMILES string of the molecule is N#CC1(NCc2cnco2)CCCC1.NCc1cnco1.O=C1CCCC1. The summed E-state index contributed by atoms with van der Waals surface area (Å²) in [5.41, 5.74) is 4.83. The molecule has 2 heterocycles. The summed E-state index contributed by atoms with van der Waals surface area (Å²) in [7, 11) is 0. The van der Waals surface area contributed by atoms with Gasteiger partial charge in [0.2, 0.25) is 0 Å². The highest BCUT2D eigenvalue weighted by atomic mass is 16.3. The van der Waals surface area contributed by atoms with Crippen LogP contribution in [-0.2, 0) is 17.9 Å². The molecule has 0 atom stereocenters. The van der Waals surface area contributed by atoms with Gasteiger partial charge in [0, 0.05) is 12.8 Å². The molecule has 0 saturated heterocycles. The van der Waals surface area contributed by atoms with Crippen molar-refractivity contribution < 1.29 is 13.6 Å². The fourth-order valence-electron chi connectivity index (χ4n) is 3.00. The predicted octanol–water partition coefficient (Wildman–Crippen LogP) is 2.86. The number of ketones is 1. The lowest BCUT2D eigenvalue weighted by atomic mass is 10.00. The number of oxazole rings is 2. The molecular weight excluding hydrogens is 346 g/mol. The lowest BCUT2D eigenvalue weighted by Crippen LogP contribution is -2.40. The van der Waals surface area contributed by atoms with Gasteiger partial charge in [-0.15, -0.1) is 0 Å². The number of carbonyl (C=O) groups excluding carboxylic acids is 1. The van der Waals surface area contributed by atoms with Crippen molar-refractivity contribution >= 4 is 5.78 Å². The van der Waals surface area contributed by atoms with E-state index in [9.17, 15) is 4.79 Å². The smallest absolute Gasteiger partial charge is 0.180 e. The first-order valence-corrected chi connectivity index (χ1v) is 9.30. The minimum Gasteiger partial charge on any atom is -0.447 e. The first-order chi connectivity index (χ1) is 13.2. The Balaban J connectivity index is 0.000000167. The number of rotatable bonds is 4. The summed E-state index contributed by atoms with van der Waals surface area (Å²) in [5.74, 6) is 1.96. The first kappa shape index (κ1) is 20.8. The van der Waals surface area contributed by atoms with Gasteiger partial charge in [-0.1, -0.05) is 12.8 Å². The van der Waals surface area contributed by atoms with Crippen molar-refractivity contribution in [3.8, 4) is 6.07 Å². The normalized spacial score (nSPS) is 17.4. The molecule has 2 aromatic rings. The monoisotopic (exact) mass is 373 g/mol. The zero-order chi connectivity index (χ0) is 19.4. The highest BCUT2D eigenvalue weighted by Crippen LogP contribution is 2.29. The van der Waals surface area contributed by atoms with Gasteiger partial charge in [-0.05, 0) is 25.7 Å². The van der Waals surface area contributed by atoms with Crippen LogP contribution in [0.3, 0.4) is 0 Å². The van der Waals surface area contributed by atoms with Gasteiger partial charge in [-0.25, -0.2) is 9.97 Å². The van der Waals surface area contributed by atoms with Crippen molar-refractivity contribution in [2.24, 2.45) is 5.73 Å². The van der Waals surface area contributed by atoms with Crippen LogP contribution in [0.1, 0.15) is 62.9 Å². The maximum Gasteiger partial charge on any atom is 0.180 e. The van der Waals surface area contributed by atoms with E-state index in [0.717, 1.165) is 62.9 Å². The summed E-state index contributed by atoms with van der Waals surface area (Å²) in [5, 5.41) is 12.3. The van der Waals surface area contributed by atoms with Gasteiger partial charge in [0.1, 0.15) is 22.8 Å². The van der Waals surface area contributed by atoms with E-state index in [1.165, 1.54) is 12.8 Å². The third-order valence-corrected chi connectivity index (χ3v) is 4.60. The van der Waals surface area contributed by atoms with Gasteiger partial charge in [-0.3, -0.25) is 10.1 Å². The fourth-order valence-corrected chi connectivity index (χ4v) is 3.00. The Hall–Kier alpha value is -2.50. The summed E-state index contributed by atoms with van der Waals surface area (Å²) < 4.78 is 9.85. The molecule has 27 heavy (non-hydrogen) atoms. The van der Waals surface area contributed by atoms with E-state index in [1.54, 1.807) is 12.4 Å². The van der Waals surface area contributed by atoms with Gasteiger partial charge in [0.05, 0.1) is 31.6 Å². The third kappa shape index (κ3) is 7.33. The number of nitrogens with two attached hydrogens (primary N) is 1. The second kappa shape index (κ2) is 11.3. The summed E-state index contributed by atoms with van der Waals surface area (Å²) >= 11 is 0. The molecule has 8 heteroatoms. The zero-order valence-electron chi connectivity index (χ0n) is 15.5. The van der Waals surface area contributed by atoms with Crippen LogP contribution in [0.4, 0.5) is 0 Å². The van der Waals surface area contributed by atoms with E-state index in [4.69, 9.17) is 19.8 Å². The van der Waals surface area contributed by atoms with Gasteiger partial charge in [0.15, 0.2) is 12.8 Å². The fraction of sp³-hybridized carbons (Fsp3) is 0.579. The van der Waals surface area contributed by atoms with Crippen LogP contribution >= 0.6 is 0 Å². The zero-order valence-corrected chi connectivity index (χ0v) is 15.5. The van der Waals surface area contributed by atoms with E-state index in [2.05, 4.69) is 21.4 Å². The van der Waals surface area contributed by atoms with Crippen LogP contribution in [0.5, 0.6) is 0 Å². The molecule has 2 aliphatic carbocycles. The van der Waals surface area contributed by atoms with E-state index in [-0.39, 0.29) is 5.54 Å². The van der Waals surface area contributed by atoms with Crippen molar-refractivity contribution in [3.63, 3.8) is 0 Å². The van der Waals surface area contributed by atoms with E-state index in [1.807, 2.05) is 0 Å². The summed E-state index contributed by atoms with van der Waals surface area (Å²) in [4.78, 5) is 17.7. The quantitative estimate of drug-likeness (QED) is 0.836. The predicted molar refractivity (Wildman–Crippen MR) is 98.0 cm³/mol. The number of nitrogens with zero attached hydrogens (tertiary/aromatic N) is 3. The van der Waals surface area contributed by atoms with Crippen LogP contribution in [-0.4, -0.2) is 21.3 Å².